The lowest BCUT2D eigenvalue weighted by molar-refractivity contribution is -0.138. The van der Waals surface area contributed by atoms with E-state index in [4.69, 9.17) is 0 Å². The van der Waals surface area contributed by atoms with Gasteiger partial charge in [0.25, 0.3) is 0 Å². The van der Waals surface area contributed by atoms with Gasteiger partial charge >= 0.3 is 5.97 Å². The maximum atomic E-state index is 11.2. The zero-order valence-electron chi connectivity index (χ0n) is 10.9. The van der Waals surface area contributed by atoms with Crippen molar-refractivity contribution in [3.63, 3.8) is 0 Å². The predicted molar refractivity (Wildman–Crippen MR) is 68.5 cm³/mol. The van der Waals surface area contributed by atoms with Crippen molar-refractivity contribution in [2.24, 2.45) is 0 Å². The molecule has 1 saturated carbocycles. The van der Waals surface area contributed by atoms with Crippen molar-refractivity contribution in [1.82, 2.24) is 10.2 Å². The number of esters is 1. The van der Waals surface area contributed by atoms with Gasteiger partial charge in [-0.1, -0.05) is 12.8 Å². The van der Waals surface area contributed by atoms with Gasteiger partial charge in [0.1, 0.15) is 6.54 Å². The lowest BCUT2D eigenvalue weighted by Crippen LogP contribution is -2.27. The Morgan fingerprint density at radius 2 is 2.11 bits per heavy atom. The van der Waals surface area contributed by atoms with Gasteiger partial charge in [0.2, 0.25) is 0 Å². The average Bonchev–Trinajstić information content (AvgIpc) is 2.92. The molecule has 1 fully saturated rings. The highest BCUT2D eigenvalue weighted by atomic mass is 16.5. The van der Waals surface area contributed by atoms with Crippen LogP contribution in [0.5, 0.6) is 0 Å². The Labute approximate surface area is 107 Å². The molecule has 1 heterocycles. The number of hydrogen-bond donors (Lipinski definition) is 0. The molecule has 2 rings (SSSR count). The third kappa shape index (κ3) is 2.97. The third-order valence-electron chi connectivity index (χ3n) is 3.43. The third-order valence-corrected chi connectivity index (χ3v) is 3.43. The molecule has 98 valence electrons. The largest absolute Gasteiger partial charge is 0.468 e. The minimum Gasteiger partial charge on any atom is -0.468 e. The van der Waals surface area contributed by atoms with Gasteiger partial charge in [-0.2, -0.15) is 5.10 Å². The molecule has 1 aromatic rings. The van der Waals surface area contributed by atoms with Gasteiger partial charge in [-0.05, 0) is 25.0 Å². The van der Waals surface area contributed by atoms with E-state index in [0.717, 1.165) is 5.69 Å². The number of methoxy groups -OCH3 is 1. The van der Waals surface area contributed by atoms with E-state index in [0.29, 0.717) is 11.7 Å². The molecule has 0 N–H and O–H groups in total. The number of carbonyl (C=O) groups excluding carboxylic acids is 1. The summed E-state index contributed by atoms with van der Waals surface area (Å²) in [5, 5.41) is 8.45. The first-order valence-corrected chi connectivity index (χ1v) is 6.32. The number of rotatable bonds is 4. The number of carbonyl (C=O) groups is 1. The second-order valence-electron chi connectivity index (χ2n) is 4.73. The summed E-state index contributed by atoms with van der Waals surface area (Å²) in [6, 6.07) is 3.94. The molecule has 0 spiro atoms. The highest BCUT2D eigenvalue weighted by Crippen LogP contribution is 2.32. The van der Waals surface area contributed by atoms with Crippen molar-refractivity contribution in [2.45, 2.75) is 31.6 Å². The van der Waals surface area contributed by atoms with E-state index < -0.39 is 0 Å². The highest BCUT2D eigenvalue weighted by molar-refractivity contribution is 5.74. The van der Waals surface area contributed by atoms with Crippen LogP contribution in [0.2, 0.25) is 0 Å². The molecule has 0 atom stereocenters. The monoisotopic (exact) mass is 249 g/mol. The van der Waals surface area contributed by atoms with Crippen LogP contribution >= 0.6 is 0 Å². The van der Waals surface area contributed by atoms with Gasteiger partial charge in [-0.3, -0.25) is 4.79 Å². The second kappa shape index (κ2) is 5.80. The molecular weight excluding hydrogens is 230 g/mol. The van der Waals surface area contributed by atoms with E-state index in [-0.39, 0.29) is 12.5 Å². The molecule has 1 aliphatic rings. The summed E-state index contributed by atoms with van der Waals surface area (Å²) >= 11 is 0. The minimum atomic E-state index is -0.279. The normalized spacial score (nSPS) is 15.7. The molecule has 18 heavy (non-hydrogen) atoms. The molecule has 0 amide bonds. The number of likely N-dealkylation sites (N-methyl/N-ethyl adjacent to an activating group) is 1. The van der Waals surface area contributed by atoms with E-state index in [1.165, 1.54) is 32.8 Å². The van der Waals surface area contributed by atoms with Crippen LogP contribution in [0.4, 0.5) is 5.82 Å². The zero-order valence-corrected chi connectivity index (χ0v) is 10.9. The summed E-state index contributed by atoms with van der Waals surface area (Å²) in [4.78, 5) is 12.9. The Balaban J connectivity index is 2.00. The molecule has 1 aromatic heterocycles. The molecule has 0 aliphatic heterocycles. The maximum absolute atomic E-state index is 11.2. The Morgan fingerprint density at radius 3 is 2.67 bits per heavy atom. The zero-order chi connectivity index (χ0) is 13.0. The van der Waals surface area contributed by atoms with Crippen LogP contribution in [0.1, 0.15) is 37.3 Å². The Kier molecular flexibility index (Phi) is 4.12. The van der Waals surface area contributed by atoms with E-state index in [1.54, 1.807) is 11.9 Å². The molecule has 0 aromatic carbocycles. The number of nitrogens with zero attached hydrogens (tertiary/aromatic N) is 3. The number of ether oxygens (including phenoxy) is 1. The molecule has 0 bridgehead atoms. The summed E-state index contributed by atoms with van der Waals surface area (Å²) in [5.41, 5.74) is 1.07. The first kappa shape index (κ1) is 12.8. The first-order valence-electron chi connectivity index (χ1n) is 6.32. The van der Waals surface area contributed by atoms with Gasteiger partial charge in [0.15, 0.2) is 5.82 Å². The van der Waals surface area contributed by atoms with Crippen LogP contribution in [0.3, 0.4) is 0 Å². The van der Waals surface area contributed by atoms with Gasteiger partial charge in [0.05, 0.1) is 12.8 Å². The van der Waals surface area contributed by atoms with Crippen molar-refractivity contribution >= 4 is 11.8 Å². The van der Waals surface area contributed by atoms with Crippen LogP contribution in [0, 0.1) is 0 Å². The number of anilines is 1. The fourth-order valence-electron chi connectivity index (χ4n) is 2.32. The molecular formula is C13H19N3O2. The van der Waals surface area contributed by atoms with E-state index in [2.05, 4.69) is 14.9 Å². The summed E-state index contributed by atoms with van der Waals surface area (Å²) in [7, 11) is 3.18. The molecule has 0 unspecified atom stereocenters. The quantitative estimate of drug-likeness (QED) is 0.761. The fraction of sp³-hybridized carbons (Fsp3) is 0.615. The first-order chi connectivity index (χ1) is 8.70. The van der Waals surface area contributed by atoms with E-state index in [9.17, 15) is 4.79 Å². The van der Waals surface area contributed by atoms with Gasteiger partial charge < -0.3 is 9.64 Å². The van der Waals surface area contributed by atoms with Crippen molar-refractivity contribution < 1.29 is 9.53 Å². The summed E-state index contributed by atoms with van der Waals surface area (Å²) < 4.78 is 4.62. The van der Waals surface area contributed by atoms with Crippen LogP contribution in [0.15, 0.2) is 12.1 Å². The molecule has 0 radical (unpaired) electrons. The predicted octanol–water partition coefficient (Wildman–Crippen LogP) is 1.74. The van der Waals surface area contributed by atoms with Gasteiger partial charge in [0, 0.05) is 13.0 Å². The molecule has 0 saturated heterocycles. The maximum Gasteiger partial charge on any atom is 0.325 e. The van der Waals surface area contributed by atoms with Crippen LogP contribution in [-0.2, 0) is 9.53 Å². The van der Waals surface area contributed by atoms with Crippen molar-refractivity contribution in [1.29, 1.82) is 0 Å². The SMILES string of the molecule is COC(=O)CN(C)c1ccc(C2CCCC2)nn1. The van der Waals surface area contributed by atoms with Crippen LogP contribution in [0.25, 0.3) is 0 Å². The van der Waals surface area contributed by atoms with Gasteiger partial charge in [-0.25, -0.2) is 0 Å². The van der Waals surface area contributed by atoms with E-state index >= 15 is 0 Å². The van der Waals surface area contributed by atoms with Crippen LogP contribution in [-0.4, -0.2) is 36.9 Å². The van der Waals surface area contributed by atoms with Crippen molar-refractivity contribution in [3.05, 3.63) is 17.8 Å². The Morgan fingerprint density at radius 1 is 1.39 bits per heavy atom. The second-order valence-corrected chi connectivity index (χ2v) is 4.73. The lowest BCUT2D eigenvalue weighted by Gasteiger charge is -2.16. The van der Waals surface area contributed by atoms with E-state index in [1.807, 2.05) is 12.1 Å². The average molecular weight is 249 g/mol. The molecule has 1 aliphatic carbocycles. The molecule has 5 heteroatoms. The summed E-state index contributed by atoms with van der Waals surface area (Å²) in [6.07, 6.45) is 5.00. The van der Waals surface area contributed by atoms with Crippen molar-refractivity contribution in [2.75, 3.05) is 25.6 Å². The highest BCUT2D eigenvalue weighted by Gasteiger charge is 2.19. The topological polar surface area (TPSA) is 55.3 Å². The number of hydrogen-bond acceptors (Lipinski definition) is 5. The minimum absolute atomic E-state index is 0.188. The number of aromatic nitrogens is 2. The smallest absolute Gasteiger partial charge is 0.325 e. The van der Waals surface area contributed by atoms with Crippen molar-refractivity contribution in [3.8, 4) is 0 Å². The van der Waals surface area contributed by atoms with Gasteiger partial charge in [-0.15, -0.1) is 5.10 Å². The summed E-state index contributed by atoms with van der Waals surface area (Å²) in [5.74, 6) is 0.985. The lowest BCUT2D eigenvalue weighted by atomic mass is 10.0. The Hall–Kier alpha value is -1.65. The molecule has 5 nitrogen and oxygen atoms in total. The fourth-order valence-corrected chi connectivity index (χ4v) is 2.32. The van der Waals surface area contributed by atoms with Crippen LogP contribution < -0.4 is 4.90 Å². The summed E-state index contributed by atoms with van der Waals surface area (Å²) in [6.45, 7) is 0.188. The standard InChI is InChI=1S/C13H19N3O2/c1-16(9-13(17)18-2)12-8-7-11(14-15-12)10-5-3-4-6-10/h7-8,10H,3-6,9H2,1-2H3. The Bertz CT molecular complexity index is 399.